The summed E-state index contributed by atoms with van der Waals surface area (Å²) < 4.78 is 34.2. The number of Topliss-reactive ketones (excluding diaryl/α,β-unsaturated/α-hetero) is 2. The standard InChI is InChI=1S/C31H36N2O5S/c1-6-11-28(34)26-17-21(18-27(32-26)29(35)12-7-2)24-19-25-30(23-14-9-8-13-22(23)24)33(20(3)31(25,4)5)15-10-16-39(36,37)38/h8-9,13-14,17-19H,6-7,10-12,15-16H2,1-5H3/p+1. The number of benzene rings is 2. The molecule has 0 bridgehead atoms. The van der Waals surface area contributed by atoms with Gasteiger partial charge in [-0.1, -0.05) is 32.0 Å². The molecule has 3 aromatic rings. The first kappa shape index (κ1) is 28.8. The third-order valence-electron chi connectivity index (χ3n) is 7.71. The summed E-state index contributed by atoms with van der Waals surface area (Å²) in [6.07, 6.45) is 2.41. The summed E-state index contributed by atoms with van der Waals surface area (Å²) in [5, 5.41) is 1.97. The van der Waals surface area contributed by atoms with Crippen molar-refractivity contribution in [2.75, 3.05) is 12.3 Å². The summed E-state index contributed by atoms with van der Waals surface area (Å²) in [7, 11) is -4.05. The lowest BCUT2D eigenvalue weighted by atomic mass is 9.79. The van der Waals surface area contributed by atoms with E-state index < -0.39 is 10.1 Å². The van der Waals surface area contributed by atoms with Crippen LogP contribution in [-0.2, 0) is 15.5 Å². The Labute approximate surface area is 230 Å². The Hall–Kier alpha value is -3.23. The Bertz CT molecular complexity index is 1570. The molecule has 7 nitrogen and oxygen atoms in total. The molecule has 206 valence electrons. The minimum absolute atomic E-state index is 0.0788. The fourth-order valence-corrected chi connectivity index (χ4v) is 5.93. The maximum Gasteiger partial charge on any atom is 0.265 e. The molecule has 4 rings (SSSR count). The lowest BCUT2D eigenvalue weighted by molar-refractivity contribution is -0.437. The molecule has 2 heterocycles. The van der Waals surface area contributed by atoms with Crippen molar-refractivity contribution < 1.29 is 27.1 Å². The number of aromatic nitrogens is 1. The Kier molecular flexibility index (Phi) is 8.19. The van der Waals surface area contributed by atoms with Crippen LogP contribution in [0.2, 0.25) is 0 Å². The predicted octanol–water partition coefficient (Wildman–Crippen LogP) is 6.54. The number of ketones is 2. The molecular formula is C31H37N2O5S+. The second kappa shape index (κ2) is 11.1. The molecule has 1 N–H and O–H groups in total. The molecule has 0 atom stereocenters. The number of hydrogen-bond donors (Lipinski definition) is 1. The van der Waals surface area contributed by atoms with Gasteiger partial charge < -0.3 is 0 Å². The third-order valence-corrected chi connectivity index (χ3v) is 8.52. The highest BCUT2D eigenvalue weighted by atomic mass is 32.2. The molecule has 1 aliphatic heterocycles. The maximum atomic E-state index is 12.9. The Balaban J connectivity index is 1.95. The molecule has 39 heavy (non-hydrogen) atoms. The minimum atomic E-state index is -4.05. The van der Waals surface area contributed by atoms with Crippen molar-refractivity contribution in [2.24, 2.45) is 0 Å². The van der Waals surface area contributed by atoms with Crippen LogP contribution in [0.3, 0.4) is 0 Å². The molecule has 0 aliphatic carbocycles. The van der Waals surface area contributed by atoms with Gasteiger partial charge in [-0.25, -0.2) is 4.98 Å². The van der Waals surface area contributed by atoms with E-state index in [1.54, 1.807) is 12.1 Å². The van der Waals surface area contributed by atoms with Gasteiger partial charge in [-0.3, -0.25) is 14.1 Å². The Morgan fingerprint density at radius 1 is 0.949 bits per heavy atom. The number of hydrogen-bond acceptors (Lipinski definition) is 5. The van der Waals surface area contributed by atoms with E-state index in [1.807, 2.05) is 32.0 Å². The van der Waals surface area contributed by atoms with E-state index in [0.717, 1.165) is 38.9 Å². The van der Waals surface area contributed by atoms with Gasteiger partial charge in [-0.2, -0.15) is 13.0 Å². The average Bonchev–Trinajstić information content (AvgIpc) is 3.08. The van der Waals surface area contributed by atoms with Crippen LogP contribution in [0.4, 0.5) is 5.69 Å². The van der Waals surface area contributed by atoms with E-state index in [1.165, 1.54) is 0 Å². The van der Waals surface area contributed by atoms with E-state index >= 15 is 0 Å². The molecular weight excluding hydrogens is 512 g/mol. The molecule has 0 saturated carbocycles. The smallest absolute Gasteiger partial charge is 0.265 e. The van der Waals surface area contributed by atoms with E-state index in [9.17, 15) is 22.6 Å². The first-order chi connectivity index (χ1) is 18.4. The van der Waals surface area contributed by atoms with Gasteiger partial charge in [0.25, 0.3) is 10.1 Å². The van der Waals surface area contributed by atoms with Crippen molar-refractivity contribution in [1.82, 2.24) is 4.98 Å². The summed E-state index contributed by atoms with van der Waals surface area (Å²) in [5.74, 6) is -0.460. The highest BCUT2D eigenvalue weighted by Crippen LogP contribution is 2.47. The fourth-order valence-electron chi connectivity index (χ4n) is 5.43. The molecule has 0 unspecified atom stereocenters. The number of rotatable bonds is 11. The number of carbonyl (C=O) groups excluding carboxylic acids is 2. The lowest BCUT2D eigenvalue weighted by Crippen LogP contribution is -2.27. The topological polar surface area (TPSA) is 104 Å². The first-order valence-electron chi connectivity index (χ1n) is 13.6. The molecule has 0 radical (unpaired) electrons. The van der Waals surface area contributed by atoms with Crippen molar-refractivity contribution in [3.05, 3.63) is 59.4 Å². The molecule has 8 heteroatoms. The summed E-state index contributed by atoms with van der Waals surface area (Å²) in [6, 6.07) is 13.8. The highest BCUT2D eigenvalue weighted by molar-refractivity contribution is 7.85. The second-order valence-electron chi connectivity index (χ2n) is 10.8. The van der Waals surface area contributed by atoms with Crippen LogP contribution in [0, 0.1) is 0 Å². The molecule has 0 fully saturated rings. The van der Waals surface area contributed by atoms with Gasteiger partial charge in [0.15, 0.2) is 17.3 Å². The number of carbonyl (C=O) groups is 2. The van der Waals surface area contributed by atoms with Crippen molar-refractivity contribution in [3.63, 3.8) is 0 Å². The highest BCUT2D eigenvalue weighted by Gasteiger charge is 2.44. The molecule has 2 aromatic carbocycles. The van der Waals surface area contributed by atoms with Crippen molar-refractivity contribution in [2.45, 2.75) is 72.1 Å². The van der Waals surface area contributed by atoms with Crippen LogP contribution in [0.5, 0.6) is 0 Å². The zero-order valence-electron chi connectivity index (χ0n) is 23.4. The molecule has 0 amide bonds. The van der Waals surface area contributed by atoms with Gasteiger partial charge in [-0.05, 0) is 67.5 Å². The van der Waals surface area contributed by atoms with E-state index in [2.05, 4.69) is 42.5 Å². The molecule has 0 saturated heterocycles. The predicted molar refractivity (Wildman–Crippen MR) is 155 cm³/mol. The molecule has 1 aliphatic rings. The van der Waals surface area contributed by atoms with Crippen molar-refractivity contribution in [1.29, 1.82) is 0 Å². The van der Waals surface area contributed by atoms with Crippen molar-refractivity contribution >= 4 is 43.9 Å². The normalized spacial score (nSPS) is 14.6. The average molecular weight is 550 g/mol. The van der Waals surface area contributed by atoms with Gasteiger partial charge in [-0.15, -0.1) is 0 Å². The summed E-state index contributed by atoms with van der Waals surface area (Å²) in [4.78, 5) is 30.3. The molecule has 1 aromatic heterocycles. The monoisotopic (exact) mass is 549 g/mol. The van der Waals surface area contributed by atoms with Crippen LogP contribution in [-0.4, -0.2) is 52.1 Å². The SMILES string of the molecule is CCCC(=O)c1cc(-c2cc3c(c4ccccc24)[N+](CCCS(=O)(=O)O)=C(C)C3(C)C)cc(C(=O)CCC)n1. The van der Waals surface area contributed by atoms with Gasteiger partial charge in [0, 0.05) is 31.7 Å². The second-order valence-corrected chi connectivity index (χ2v) is 12.4. The fraction of sp³-hybridized carbons (Fsp3) is 0.419. The van der Waals surface area contributed by atoms with Crippen molar-refractivity contribution in [3.8, 4) is 11.1 Å². The quantitative estimate of drug-likeness (QED) is 0.165. The largest absolute Gasteiger partial charge is 0.292 e. The Morgan fingerprint density at radius 3 is 2.05 bits per heavy atom. The number of pyridine rings is 1. The Morgan fingerprint density at radius 2 is 1.51 bits per heavy atom. The van der Waals surface area contributed by atoms with E-state index in [0.29, 0.717) is 43.6 Å². The zero-order valence-corrected chi connectivity index (χ0v) is 24.2. The van der Waals surface area contributed by atoms with Gasteiger partial charge >= 0.3 is 0 Å². The summed E-state index contributed by atoms with van der Waals surface area (Å²) >= 11 is 0. The molecule has 0 spiro atoms. The van der Waals surface area contributed by atoms with Crippen LogP contribution in [0.25, 0.3) is 21.9 Å². The van der Waals surface area contributed by atoms with Crippen LogP contribution in [0.1, 0.15) is 93.3 Å². The van der Waals surface area contributed by atoms with E-state index in [-0.39, 0.29) is 29.2 Å². The maximum absolute atomic E-state index is 12.9. The minimum Gasteiger partial charge on any atom is -0.292 e. The summed E-state index contributed by atoms with van der Waals surface area (Å²) in [5.41, 5.74) is 5.17. The number of fused-ring (bicyclic) bond motifs is 3. The van der Waals surface area contributed by atoms with Gasteiger partial charge in [0.05, 0.1) is 16.6 Å². The van der Waals surface area contributed by atoms with Gasteiger partial charge in [0.2, 0.25) is 5.69 Å². The number of nitrogens with zero attached hydrogens (tertiary/aromatic N) is 2. The lowest BCUT2D eigenvalue weighted by Gasteiger charge is -2.18. The first-order valence-corrected chi connectivity index (χ1v) is 15.2. The van der Waals surface area contributed by atoms with E-state index in [4.69, 9.17) is 0 Å². The van der Waals surface area contributed by atoms with Crippen LogP contribution in [0.15, 0.2) is 42.5 Å². The van der Waals surface area contributed by atoms with Crippen LogP contribution < -0.4 is 0 Å². The van der Waals surface area contributed by atoms with Gasteiger partial charge in [0.1, 0.15) is 17.9 Å². The summed E-state index contributed by atoms with van der Waals surface area (Å²) in [6.45, 7) is 10.7. The zero-order chi connectivity index (χ0) is 28.5. The van der Waals surface area contributed by atoms with Crippen LogP contribution >= 0.6 is 0 Å². The third kappa shape index (κ3) is 5.72.